The molecule has 0 aliphatic carbocycles. The van der Waals surface area contributed by atoms with E-state index in [4.69, 9.17) is 5.84 Å². The van der Waals surface area contributed by atoms with Crippen LogP contribution in [0.1, 0.15) is 20.8 Å². The quantitative estimate of drug-likeness (QED) is 0.318. The molecule has 0 aromatic heterocycles. The predicted molar refractivity (Wildman–Crippen MR) is 44.7 cm³/mol. The fraction of sp³-hybridized carbons (Fsp3) is 0.857. The molecule has 0 aliphatic heterocycles. The van der Waals surface area contributed by atoms with Crippen molar-refractivity contribution >= 4 is 6.03 Å². The highest BCUT2D eigenvalue weighted by Gasteiger charge is 2.07. The van der Waals surface area contributed by atoms with E-state index in [0.717, 1.165) is 0 Å². The van der Waals surface area contributed by atoms with Crippen molar-refractivity contribution in [3.05, 3.63) is 0 Å². The van der Waals surface area contributed by atoms with Crippen LogP contribution in [-0.2, 0) is 0 Å². The Morgan fingerprint density at radius 3 is 2.36 bits per heavy atom. The first-order valence-electron chi connectivity index (χ1n) is 3.82. The van der Waals surface area contributed by atoms with Gasteiger partial charge in [-0.15, -0.1) is 0 Å². The van der Waals surface area contributed by atoms with Gasteiger partial charge in [-0.05, 0) is 11.8 Å². The van der Waals surface area contributed by atoms with Gasteiger partial charge in [-0.25, -0.2) is 10.6 Å². The summed E-state index contributed by atoms with van der Waals surface area (Å²) in [6.07, 6.45) is 0. The monoisotopic (exact) mass is 159 g/mol. The maximum Gasteiger partial charge on any atom is 0.328 e. The van der Waals surface area contributed by atoms with Crippen LogP contribution < -0.4 is 16.6 Å². The lowest BCUT2D eigenvalue weighted by molar-refractivity contribution is 0.238. The smallest absolute Gasteiger partial charge is 0.328 e. The highest BCUT2D eigenvalue weighted by atomic mass is 16.2. The summed E-state index contributed by atoms with van der Waals surface area (Å²) in [7, 11) is 0. The van der Waals surface area contributed by atoms with E-state index in [0.29, 0.717) is 18.4 Å². The van der Waals surface area contributed by atoms with Gasteiger partial charge in [0.05, 0.1) is 0 Å². The molecule has 0 bridgehead atoms. The molecule has 4 heteroatoms. The Morgan fingerprint density at radius 1 is 1.45 bits per heavy atom. The number of hydrogen-bond acceptors (Lipinski definition) is 2. The summed E-state index contributed by atoms with van der Waals surface area (Å²) in [6.45, 7) is 6.99. The summed E-state index contributed by atoms with van der Waals surface area (Å²) < 4.78 is 0. The van der Waals surface area contributed by atoms with E-state index in [1.165, 1.54) is 0 Å². The summed E-state index contributed by atoms with van der Waals surface area (Å²) in [6, 6.07) is -0.322. The average Bonchev–Trinajstić information content (AvgIpc) is 1.99. The van der Waals surface area contributed by atoms with Crippen molar-refractivity contribution in [3.8, 4) is 0 Å². The van der Waals surface area contributed by atoms with E-state index in [1.807, 2.05) is 5.43 Å². The number of rotatable bonds is 3. The summed E-state index contributed by atoms with van der Waals surface area (Å²) in [4.78, 5) is 10.6. The topological polar surface area (TPSA) is 67.2 Å². The zero-order chi connectivity index (χ0) is 8.85. The van der Waals surface area contributed by atoms with Crippen LogP contribution in [0.3, 0.4) is 0 Å². The molecule has 66 valence electrons. The molecular formula is C7H17N3O. The molecule has 0 radical (unpaired) electrons. The number of nitrogens with one attached hydrogen (secondary N) is 2. The van der Waals surface area contributed by atoms with Crippen molar-refractivity contribution in [2.75, 3.05) is 6.54 Å². The van der Waals surface area contributed by atoms with Gasteiger partial charge in [-0.1, -0.05) is 20.8 Å². The van der Waals surface area contributed by atoms with E-state index in [1.54, 1.807) is 0 Å². The van der Waals surface area contributed by atoms with Crippen molar-refractivity contribution in [2.45, 2.75) is 20.8 Å². The third-order valence-corrected chi connectivity index (χ3v) is 1.85. The zero-order valence-corrected chi connectivity index (χ0v) is 7.35. The molecule has 0 aliphatic rings. The minimum atomic E-state index is -0.322. The van der Waals surface area contributed by atoms with Crippen molar-refractivity contribution in [1.29, 1.82) is 0 Å². The van der Waals surface area contributed by atoms with Gasteiger partial charge in [-0.2, -0.15) is 0 Å². The molecule has 0 saturated carbocycles. The predicted octanol–water partition coefficient (Wildman–Crippen LogP) is 0.451. The van der Waals surface area contributed by atoms with Crippen molar-refractivity contribution in [3.63, 3.8) is 0 Å². The van der Waals surface area contributed by atoms with Gasteiger partial charge in [0, 0.05) is 6.54 Å². The standard InChI is InChI=1S/C7H17N3O/c1-5(2)6(3)4-9-7(11)10-8/h5-6H,4,8H2,1-3H3,(H2,9,10,11). The van der Waals surface area contributed by atoms with E-state index in [9.17, 15) is 4.79 Å². The van der Waals surface area contributed by atoms with Crippen molar-refractivity contribution in [1.82, 2.24) is 10.7 Å². The third-order valence-electron chi connectivity index (χ3n) is 1.85. The van der Waals surface area contributed by atoms with Gasteiger partial charge in [0.25, 0.3) is 0 Å². The van der Waals surface area contributed by atoms with Crippen molar-refractivity contribution < 1.29 is 4.79 Å². The molecule has 1 unspecified atom stereocenters. The summed E-state index contributed by atoms with van der Waals surface area (Å²) in [5, 5.41) is 2.64. The first-order valence-corrected chi connectivity index (χ1v) is 3.82. The molecule has 0 rings (SSSR count). The van der Waals surface area contributed by atoms with Crippen LogP contribution in [-0.4, -0.2) is 12.6 Å². The van der Waals surface area contributed by atoms with E-state index < -0.39 is 0 Å². The molecule has 2 amide bonds. The molecule has 0 saturated heterocycles. The Bertz CT molecular complexity index is 125. The van der Waals surface area contributed by atoms with Crippen LogP contribution in [0.2, 0.25) is 0 Å². The van der Waals surface area contributed by atoms with Gasteiger partial charge < -0.3 is 5.32 Å². The lowest BCUT2D eigenvalue weighted by atomic mass is 9.98. The summed E-state index contributed by atoms with van der Waals surface area (Å²) in [5.74, 6) is 5.93. The first kappa shape index (κ1) is 10.2. The Labute approximate surface area is 67.5 Å². The van der Waals surface area contributed by atoms with Crippen LogP contribution in [0.4, 0.5) is 4.79 Å². The van der Waals surface area contributed by atoms with Gasteiger partial charge >= 0.3 is 6.03 Å². The Morgan fingerprint density at radius 2 is 2.00 bits per heavy atom. The van der Waals surface area contributed by atoms with Crippen molar-refractivity contribution in [2.24, 2.45) is 17.7 Å². The number of hydrazine groups is 1. The fourth-order valence-electron chi connectivity index (χ4n) is 0.540. The molecule has 4 nitrogen and oxygen atoms in total. The summed E-state index contributed by atoms with van der Waals surface area (Å²) >= 11 is 0. The lowest BCUT2D eigenvalue weighted by Crippen LogP contribution is -2.42. The second-order valence-corrected chi connectivity index (χ2v) is 3.08. The van der Waals surface area contributed by atoms with Gasteiger partial charge in [-0.3, -0.25) is 5.43 Å². The van der Waals surface area contributed by atoms with Crippen LogP contribution in [0, 0.1) is 11.8 Å². The van der Waals surface area contributed by atoms with Crippen LogP contribution >= 0.6 is 0 Å². The van der Waals surface area contributed by atoms with Gasteiger partial charge in [0.2, 0.25) is 0 Å². The largest absolute Gasteiger partial charge is 0.337 e. The highest BCUT2D eigenvalue weighted by Crippen LogP contribution is 2.06. The highest BCUT2D eigenvalue weighted by molar-refractivity contribution is 5.72. The van der Waals surface area contributed by atoms with Gasteiger partial charge in [0.1, 0.15) is 0 Å². The number of hydrogen-bond donors (Lipinski definition) is 3. The molecule has 11 heavy (non-hydrogen) atoms. The Balaban J connectivity index is 3.45. The Kier molecular flexibility index (Phi) is 4.61. The molecule has 0 heterocycles. The van der Waals surface area contributed by atoms with Crippen LogP contribution in [0.5, 0.6) is 0 Å². The Hall–Kier alpha value is -0.770. The minimum absolute atomic E-state index is 0.322. The first-order chi connectivity index (χ1) is 5.07. The second kappa shape index (κ2) is 4.96. The molecular weight excluding hydrogens is 142 g/mol. The maximum absolute atomic E-state index is 10.6. The lowest BCUT2D eigenvalue weighted by Gasteiger charge is -2.15. The molecule has 0 aromatic rings. The number of amides is 2. The van der Waals surface area contributed by atoms with E-state index in [-0.39, 0.29) is 6.03 Å². The molecule has 0 fully saturated rings. The molecule has 1 atom stereocenters. The van der Waals surface area contributed by atoms with Gasteiger partial charge in [0.15, 0.2) is 0 Å². The second-order valence-electron chi connectivity index (χ2n) is 3.08. The third kappa shape index (κ3) is 4.61. The number of nitrogens with two attached hydrogens (primary N) is 1. The summed E-state index contributed by atoms with van der Waals surface area (Å²) in [5.41, 5.74) is 2.01. The van der Waals surface area contributed by atoms with Crippen LogP contribution in [0.25, 0.3) is 0 Å². The van der Waals surface area contributed by atoms with Crippen LogP contribution in [0.15, 0.2) is 0 Å². The number of carbonyl (C=O) groups excluding carboxylic acids is 1. The number of urea groups is 1. The fourth-order valence-corrected chi connectivity index (χ4v) is 0.540. The average molecular weight is 159 g/mol. The molecule has 0 aromatic carbocycles. The minimum Gasteiger partial charge on any atom is -0.337 e. The zero-order valence-electron chi connectivity index (χ0n) is 7.35. The normalized spacial score (nSPS) is 12.8. The molecule has 4 N–H and O–H groups in total. The maximum atomic E-state index is 10.6. The van der Waals surface area contributed by atoms with E-state index >= 15 is 0 Å². The SMILES string of the molecule is CC(C)C(C)CNC(=O)NN. The molecule has 0 spiro atoms. The van der Waals surface area contributed by atoms with E-state index in [2.05, 4.69) is 26.1 Å². The number of carbonyl (C=O) groups is 1.